The molecule has 0 spiro atoms. The first-order valence-corrected chi connectivity index (χ1v) is 11.0. The fraction of sp³-hybridized carbons (Fsp3) is 0.200. The Bertz CT molecular complexity index is 1390. The predicted molar refractivity (Wildman–Crippen MR) is 128 cm³/mol. The van der Waals surface area contributed by atoms with Gasteiger partial charge in [-0.05, 0) is 31.5 Å². The van der Waals surface area contributed by atoms with Crippen LogP contribution in [0.2, 0.25) is 0 Å². The van der Waals surface area contributed by atoms with Gasteiger partial charge in [0.25, 0.3) is 5.91 Å². The molecule has 35 heavy (non-hydrogen) atoms. The number of carbonyl (C=O) groups excluding carboxylic acids is 1. The van der Waals surface area contributed by atoms with Crippen LogP contribution in [-0.4, -0.2) is 44.2 Å². The van der Waals surface area contributed by atoms with Crippen molar-refractivity contribution in [2.45, 2.75) is 19.9 Å². The summed E-state index contributed by atoms with van der Waals surface area (Å²) in [5.74, 6) is 1.89. The Morgan fingerprint density at radius 2 is 2.00 bits per heavy atom. The van der Waals surface area contributed by atoms with Crippen LogP contribution in [0.3, 0.4) is 0 Å². The number of aromatic nitrogens is 4. The number of aliphatic hydroxyl groups excluding tert-OH is 1. The molecular weight excluding hydrogens is 448 g/mol. The van der Waals surface area contributed by atoms with Crippen LogP contribution < -0.4 is 20.1 Å². The summed E-state index contributed by atoms with van der Waals surface area (Å²) < 4.78 is 12.3. The van der Waals surface area contributed by atoms with Gasteiger partial charge < -0.3 is 25.2 Å². The Labute approximate surface area is 201 Å². The maximum atomic E-state index is 12.9. The molecule has 1 amide bonds. The van der Waals surface area contributed by atoms with E-state index >= 15 is 0 Å². The molecule has 0 saturated heterocycles. The van der Waals surface area contributed by atoms with E-state index in [1.165, 1.54) is 10.9 Å². The number of amides is 1. The van der Waals surface area contributed by atoms with Gasteiger partial charge in [0.1, 0.15) is 0 Å². The minimum atomic E-state index is -0.524. The number of nitrogens with one attached hydrogen (secondary N) is 2. The van der Waals surface area contributed by atoms with Crippen LogP contribution in [0.5, 0.6) is 11.5 Å². The van der Waals surface area contributed by atoms with Gasteiger partial charge in [-0.25, -0.2) is 9.67 Å². The smallest absolute Gasteiger partial charge is 0.255 e. The first-order valence-electron chi connectivity index (χ1n) is 11.0. The van der Waals surface area contributed by atoms with E-state index in [2.05, 4.69) is 25.7 Å². The number of hydrogen-bond donors (Lipinski definition) is 3. The van der Waals surface area contributed by atoms with Crippen LogP contribution in [0.4, 0.5) is 11.6 Å². The van der Waals surface area contributed by atoms with Crippen molar-refractivity contribution in [1.82, 2.24) is 25.1 Å². The summed E-state index contributed by atoms with van der Waals surface area (Å²) in [7, 11) is 0. The molecule has 0 fully saturated rings. The van der Waals surface area contributed by atoms with Crippen LogP contribution in [0.25, 0.3) is 5.82 Å². The number of rotatable bonds is 7. The summed E-state index contributed by atoms with van der Waals surface area (Å²) in [6, 6.07) is 12.6. The van der Waals surface area contributed by atoms with Crippen molar-refractivity contribution in [2.75, 3.05) is 18.7 Å². The van der Waals surface area contributed by atoms with Gasteiger partial charge in [0.05, 0.1) is 24.4 Å². The van der Waals surface area contributed by atoms with E-state index in [1.807, 2.05) is 56.3 Å². The summed E-state index contributed by atoms with van der Waals surface area (Å²) in [5, 5.41) is 20.1. The molecule has 1 aliphatic rings. The van der Waals surface area contributed by atoms with Crippen LogP contribution in [0.15, 0.2) is 61.1 Å². The van der Waals surface area contributed by atoms with E-state index in [0.29, 0.717) is 28.8 Å². The highest BCUT2D eigenvalue weighted by atomic mass is 16.7. The average Bonchev–Trinajstić information content (AvgIpc) is 3.53. The van der Waals surface area contributed by atoms with E-state index in [9.17, 15) is 9.90 Å². The topological polar surface area (TPSA) is 123 Å². The van der Waals surface area contributed by atoms with Crippen molar-refractivity contribution >= 4 is 17.5 Å². The zero-order valence-corrected chi connectivity index (χ0v) is 19.2. The first kappa shape index (κ1) is 22.4. The average molecular weight is 473 g/mol. The molecule has 178 valence electrons. The lowest BCUT2D eigenvalue weighted by atomic mass is 10.0. The molecule has 2 aromatic carbocycles. The van der Waals surface area contributed by atoms with E-state index in [0.717, 1.165) is 22.4 Å². The monoisotopic (exact) mass is 472 g/mol. The number of hydrogen-bond acceptors (Lipinski definition) is 8. The molecule has 1 atom stereocenters. The molecule has 0 bridgehead atoms. The number of aliphatic hydroxyl groups is 1. The van der Waals surface area contributed by atoms with Crippen LogP contribution in [-0.2, 0) is 0 Å². The molecule has 1 aliphatic heterocycles. The largest absolute Gasteiger partial charge is 0.454 e. The van der Waals surface area contributed by atoms with E-state index in [4.69, 9.17) is 9.47 Å². The molecule has 10 heteroatoms. The molecule has 10 nitrogen and oxygen atoms in total. The van der Waals surface area contributed by atoms with Gasteiger partial charge in [-0.1, -0.05) is 29.8 Å². The Morgan fingerprint density at radius 1 is 1.14 bits per heavy atom. The number of carbonyl (C=O) groups is 1. The van der Waals surface area contributed by atoms with Gasteiger partial charge in [-0.15, -0.1) is 0 Å². The summed E-state index contributed by atoms with van der Waals surface area (Å²) >= 11 is 0. The lowest BCUT2D eigenvalue weighted by Gasteiger charge is -2.16. The quantitative estimate of drug-likeness (QED) is 0.375. The van der Waals surface area contributed by atoms with Gasteiger partial charge in [0.15, 0.2) is 17.3 Å². The van der Waals surface area contributed by atoms with Crippen molar-refractivity contribution < 1.29 is 19.4 Å². The normalized spacial score (nSPS) is 12.9. The van der Waals surface area contributed by atoms with E-state index < -0.39 is 6.04 Å². The number of nitrogens with zero attached hydrogens (tertiary/aromatic N) is 4. The molecule has 5 rings (SSSR count). The van der Waals surface area contributed by atoms with E-state index in [1.54, 1.807) is 12.4 Å². The van der Waals surface area contributed by atoms with Crippen LogP contribution in [0.1, 0.15) is 33.1 Å². The second-order valence-electron chi connectivity index (χ2n) is 8.19. The van der Waals surface area contributed by atoms with Crippen LogP contribution in [0, 0.1) is 13.8 Å². The number of benzene rings is 2. The maximum absolute atomic E-state index is 12.9. The molecule has 0 saturated carbocycles. The van der Waals surface area contributed by atoms with Crippen molar-refractivity contribution in [1.29, 1.82) is 0 Å². The highest BCUT2D eigenvalue weighted by Crippen LogP contribution is 2.34. The van der Waals surface area contributed by atoms with Gasteiger partial charge >= 0.3 is 0 Å². The fourth-order valence-corrected chi connectivity index (χ4v) is 3.75. The second kappa shape index (κ2) is 9.43. The minimum Gasteiger partial charge on any atom is -0.454 e. The zero-order valence-electron chi connectivity index (χ0n) is 19.2. The third kappa shape index (κ3) is 4.78. The Morgan fingerprint density at radius 3 is 2.83 bits per heavy atom. The summed E-state index contributed by atoms with van der Waals surface area (Å²) in [6.45, 7) is 3.80. The summed E-state index contributed by atoms with van der Waals surface area (Å²) in [5.41, 5.74) is 3.76. The number of aryl methyl sites for hydroxylation is 2. The third-order valence-corrected chi connectivity index (χ3v) is 5.57. The second-order valence-corrected chi connectivity index (χ2v) is 8.19. The summed E-state index contributed by atoms with van der Waals surface area (Å²) in [4.78, 5) is 21.8. The van der Waals surface area contributed by atoms with Crippen LogP contribution >= 0.6 is 0 Å². The molecule has 4 aromatic rings. The van der Waals surface area contributed by atoms with Gasteiger partial charge in [-0.2, -0.15) is 10.1 Å². The Balaban J connectivity index is 1.33. The van der Waals surface area contributed by atoms with Crippen molar-refractivity contribution in [3.8, 4) is 17.3 Å². The van der Waals surface area contributed by atoms with Crippen molar-refractivity contribution in [2.24, 2.45) is 0 Å². The first-order chi connectivity index (χ1) is 17.0. The molecule has 0 radical (unpaired) electrons. The van der Waals surface area contributed by atoms with E-state index in [-0.39, 0.29) is 19.3 Å². The molecule has 3 N–H and O–H groups in total. The maximum Gasteiger partial charge on any atom is 0.255 e. The Kier molecular flexibility index (Phi) is 6.02. The SMILES string of the molecule is Cc1cccc([C@@H](CO)NC(=O)c2cnn(-c3nc(Nc4ccc5c(c4)OCO5)ncc3C)c2)c1. The summed E-state index contributed by atoms with van der Waals surface area (Å²) in [6.07, 6.45) is 4.74. The standard InChI is InChI=1S/C25H24N6O4/c1-15-4-3-5-17(8-15)20(13-32)29-24(33)18-11-27-31(12-18)23-16(2)10-26-25(30-23)28-19-6-7-21-22(9-19)35-14-34-21/h3-12,20,32H,13-14H2,1-2H3,(H,29,33)(H,26,28,30)/t20-/m1/s1. The lowest BCUT2D eigenvalue weighted by molar-refractivity contribution is 0.0916. The lowest BCUT2D eigenvalue weighted by Crippen LogP contribution is -2.30. The highest BCUT2D eigenvalue weighted by Gasteiger charge is 2.18. The molecule has 0 aliphatic carbocycles. The molecule has 2 aromatic heterocycles. The van der Waals surface area contributed by atoms with Crippen molar-refractivity contribution in [3.05, 3.63) is 83.3 Å². The predicted octanol–water partition coefficient (Wildman–Crippen LogP) is 3.21. The highest BCUT2D eigenvalue weighted by molar-refractivity contribution is 5.94. The molecule has 3 heterocycles. The number of fused-ring (bicyclic) bond motifs is 1. The third-order valence-electron chi connectivity index (χ3n) is 5.57. The van der Waals surface area contributed by atoms with Gasteiger partial charge in [0.2, 0.25) is 12.7 Å². The van der Waals surface area contributed by atoms with Gasteiger partial charge in [0, 0.05) is 29.7 Å². The minimum absolute atomic E-state index is 0.198. The zero-order chi connectivity index (χ0) is 24.4. The van der Waals surface area contributed by atoms with Gasteiger partial charge in [-0.3, -0.25) is 4.79 Å². The Hall–Kier alpha value is -4.44. The molecule has 0 unspecified atom stereocenters. The number of anilines is 2. The molecular formula is C25H24N6O4. The van der Waals surface area contributed by atoms with Crippen molar-refractivity contribution in [3.63, 3.8) is 0 Å². The number of ether oxygens (including phenoxy) is 2. The fourth-order valence-electron chi connectivity index (χ4n) is 3.75.